The first-order valence-corrected chi connectivity index (χ1v) is 9.32. The quantitative estimate of drug-likeness (QED) is 0.821. The Morgan fingerprint density at radius 3 is 2.76 bits per heavy atom. The van der Waals surface area contributed by atoms with E-state index in [-0.39, 0.29) is 19.6 Å². The molecule has 2 aromatic rings. The Morgan fingerprint density at radius 1 is 1.40 bits per heavy atom. The summed E-state index contributed by atoms with van der Waals surface area (Å²) in [6.45, 7) is 0.0768. The number of sulfonamides is 1. The normalized spacial score (nSPS) is 16.3. The monoisotopic (exact) mass is 367 g/mol. The lowest BCUT2D eigenvalue weighted by atomic mass is 10.2. The molecule has 10 nitrogen and oxygen atoms in total. The molecule has 3 rings (SSSR count). The van der Waals surface area contributed by atoms with Crippen LogP contribution in [-0.4, -0.2) is 65.4 Å². The number of imide groups is 1. The van der Waals surface area contributed by atoms with E-state index >= 15 is 0 Å². The molecule has 0 aliphatic carbocycles. The fourth-order valence-corrected chi connectivity index (χ4v) is 3.36. The van der Waals surface area contributed by atoms with Gasteiger partial charge in [-0.3, -0.25) is 4.68 Å². The molecular weight excluding hydrogens is 350 g/mol. The molecule has 0 aromatic carbocycles. The van der Waals surface area contributed by atoms with Gasteiger partial charge in [-0.05, 0) is 18.2 Å². The van der Waals surface area contributed by atoms with Crippen LogP contribution < -0.4 is 5.32 Å². The van der Waals surface area contributed by atoms with E-state index in [9.17, 15) is 18.0 Å². The lowest BCUT2D eigenvalue weighted by Gasteiger charge is -2.19. The summed E-state index contributed by atoms with van der Waals surface area (Å²) in [7, 11) is -3.69. The Kier molecular flexibility index (Phi) is 4.49. The third kappa shape index (κ3) is 3.50. The van der Waals surface area contributed by atoms with Crippen molar-refractivity contribution in [3.05, 3.63) is 42.6 Å². The Bertz CT molecular complexity index is 812. The van der Waals surface area contributed by atoms with E-state index in [1.165, 1.54) is 6.26 Å². The van der Waals surface area contributed by atoms with Crippen molar-refractivity contribution in [2.24, 2.45) is 0 Å². The van der Waals surface area contributed by atoms with Gasteiger partial charge in [0.2, 0.25) is 10.0 Å². The number of nitrogens with one attached hydrogen (secondary N) is 1. The molecule has 11 heteroatoms. The molecule has 0 unspecified atom stereocenters. The molecule has 2 aromatic heterocycles. The van der Waals surface area contributed by atoms with E-state index < -0.39 is 28.1 Å². The average molecular weight is 367 g/mol. The number of urea groups is 2. The highest BCUT2D eigenvalue weighted by Crippen LogP contribution is 2.18. The number of carbonyl (C=O) groups excluding carboxylic acids is 2. The van der Waals surface area contributed by atoms with Crippen LogP contribution in [0.25, 0.3) is 0 Å². The summed E-state index contributed by atoms with van der Waals surface area (Å²) in [5.41, 5.74) is 0. The molecule has 1 aliphatic rings. The minimum absolute atomic E-state index is 0.00489. The molecule has 0 bridgehead atoms. The van der Waals surface area contributed by atoms with Crippen molar-refractivity contribution >= 4 is 22.1 Å². The number of aromatic nitrogens is 2. The predicted molar refractivity (Wildman–Crippen MR) is 86.1 cm³/mol. The van der Waals surface area contributed by atoms with E-state index in [1.807, 2.05) is 0 Å². The van der Waals surface area contributed by atoms with Crippen molar-refractivity contribution in [1.29, 1.82) is 0 Å². The van der Waals surface area contributed by atoms with Gasteiger partial charge in [0.25, 0.3) is 0 Å². The molecule has 1 saturated heterocycles. The Morgan fingerprint density at radius 2 is 2.20 bits per heavy atom. The third-order valence-electron chi connectivity index (χ3n) is 3.78. The number of nitrogens with zero attached hydrogens (tertiary/aromatic N) is 4. The van der Waals surface area contributed by atoms with Crippen LogP contribution in [0.15, 0.2) is 41.3 Å². The maximum atomic E-state index is 12.3. The van der Waals surface area contributed by atoms with Gasteiger partial charge < -0.3 is 9.73 Å². The van der Waals surface area contributed by atoms with Crippen LogP contribution in [0.4, 0.5) is 9.59 Å². The van der Waals surface area contributed by atoms with Crippen LogP contribution in [-0.2, 0) is 10.0 Å². The standard InChI is InChI=1S/C14H17N5O5S/c1-25(22,23)19-8-7-17(14(19)21)13(20)15-10-11(12-4-2-9-24-12)18-6-3-5-16-18/h2-6,9,11H,7-8,10H2,1H3,(H,15,20)/t11-/m0/s1. The molecule has 0 radical (unpaired) electrons. The Labute approximate surface area is 144 Å². The summed E-state index contributed by atoms with van der Waals surface area (Å²) in [5.74, 6) is 0.592. The number of amides is 4. The van der Waals surface area contributed by atoms with E-state index in [0.717, 1.165) is 11.2 Å². The third-order valence-corrected chi connectivity index (χ3v) is 4.92. The topological polar surface area (TPSA) is 118 Å². The summed E-state index contributed by atoms with van der Waals surface area (Å²) in [6.07, 6.45) is 5.77. The van der Waals surface area contributed by atoms with Gasteiger partial charge >= 0.3 is 12.1 Å². The summed E-state index contributed by atoms with van der Waals surface area (Å²) in [6, 6.07) is 3.31. The van der Waals surface area contributed by atoms with Gasteiger partial charge in [0.05, 0.1) is 25.6 Å². The highest BCUT2D eigenvalue weighted by molar-refractivity contribution is 7.88. The summed E-state index contributed by atoms with van der Waals surface area (Å²) < 4.78 is 30.7. The molecule has 134 valence electrons. The van der Waals surface area contributed by atoms with Crippen molar-refractivity contribution in [2.45, 2.75) is 6.04 Å². The molecule has 3 heterocycles. The first-order valence-electron chi connectivity index (χ1n) is 7.47. The zero-order valence-corrected chi connectivity index (χ0v) is 14.2. The second-order valence-electron chi connectivity index (χ2n) is 5.47. The maximum absolute atomic E-state index is 12.3. The molecule has 1 atom stereocenters. The molecular formula is C14H17N5O5S. The summed E-state index contributed by atoms with van der Waals surface area (Å²) in [5, 5.41) is 6.77. The minimum Gasteiger partial charge on any atom is -0.467 e. The Balaban J connectivity index is 1.68. The largest absolute Gasteiger partial charge is 0.467 e. The lowest BCUT2D eigenvalue weighted by molar-refractivity contribution is 0.193. The van der Waals surface area contributed by atoms with Gasteiger partial charge in [-0.1, -0.05) is 0 Å². The summed E-state index contributed by atoms with van der Waals surface area (Å²) >= 11 is 0. The fourth-order valence-electron chi connectivity index (χ4n) is 2.56. The van der Waals surface area contributed by atoms with E-state index in [2.05, 4.69) is 10.4 Å². The van der Waals surface area contributed by atoms with Gasteiger partial charge in [0.15, 0.2) is 0 Å². The first kappa shape index (κ1) is 17.0. The zero-order chi connectivity index (χ0) is 18.0. The van der Waals surface area contributed by atoms with E-state index in [1.54, 1.807) is 35.3 Å². The van der Waals surface area contributed by atoms with Gasteiger partial charge in [0, 0.05) is 18.9 Å². The predicted octanol–water partition coefficient (Wildman–Crippen LogP) is 0.472. The number of rotatable bonds is 5. The van der Waals surface area contributed by atoms with Gasteiger partial charge in [-0.15, -0.1) is 0 Å². The minimum atomic E-state index is -3.69. The highest BCUT2D eigenvalue weighted by Gasteiger charge is 2.38. The molecule has 0 saturated carbocycles. The van der Waals surface area contributed by atoms with Gasteiger partial charge in [-0.25, -0.2) is 27.2 Å². The van der Waals surface area contributed by atoms with Crippen molar-refractivity contribution in [3.8, 4) is 0 Å². The average Bonchev–Trinajstić information content (AvgIpc) is 3.28. The van der Waals surface area contributed by atoms with Crippen LogP contribution in [0.2, 0.25) is 0 Å². The highest BCUT2D eigenvalue weighted by atomic mass is 32.2. The number of hydrogen-bond donors (Lipinski definition) is 1. The van der Waals surface area contributed by atoms with E-state index in [0.29, 0.717) is 10.1 Å². The fraction of sp³-hybridized carbons (Fsp3) is 0.357. The van der Waals surface area contributed by atoms with Crippen molar-refractivity contribution in [2.75, 3.05) is 25.9 Å². The zero-order valence-electron chi connectivity index (χ0n) is 13.4. The molecule has 1 fully saturated rings. The number of furan rings is 1. The maximum Gasteiger partial charge on any atom is 0.341 e. The molecule has 1 aliphatic heterocycles. The molecule has 25 heavy (non-hydrogen) atoms. The number of hydrogen-bond acceptors (Lipinski definition) is 6. The van der Waals surface area contributed by atoms with Crippen molar-refractivity contribution < 1.29 is 22.4 Å². The second kappa shape index (κ2) is 6.59. The van der Waals surface area contributed by atoms with Crippen LogP contribution >= 0.6 is 0 Å². The molecule has 1 N–H and O–H groups in total. The summed E-state index contributed by atoms with van der Waals surface area (Å²) in [4.78, 5) is 25.2. The smallest absolute Gasteiger partial charge is 0.341 e. The van der Waals surface area contributed by atoms with Gasteiger partial charge in [0.1, 0.15) is 11.8 Å². The SMILES string of the molecule is CS(=O)(=O)N1CCN(C(=O)NC[C@@H](c2ccco2)n2cccn2)C1=O. The van der Waals surface area contributed by atoms with E-state index in [4.69, 9.17) is 4.42 Å². The van der Waals surface area contributed by atoms with Crippen LogP contribution in [0.3, 0.4) is 0 Å². The molecule has 0 spiro atoms. The van der Waals surface area contributed by atoms with Crippen LogP contribution in [0, 0.1) is 0 Å². The van der Waals surface area contributed by atoms with Crippen LogP contribution in [0.1, 0.15) is 11.8 Å². The Hall–Kier alpha value is -2.82. The van der Waals surface area contributed by atoms with Gasteiger partial charge in [-0.2, -0.15) is 5.10 Å². The molecule has 4 amide bonds. The number of carbonyl (C=O) groups is 2. The van der Waals surface area contributed by atoms with Crippen molar-refractivity contribution in [1.82, 2.24) is 24.3 Å². The lowest BCUT2D eigenvalue weighted by Crippen LogP contribution is -2.45. The second-order valence-corrected chi connectivity index (χ2v) is 7.38. The van der Waals surface area contributed by atoms with Crippen molar-refractivity contribution in [3.63, 3.8) is 0 Å². The first-order chi connectivity index (χ1) is 11.9. The van der Waals surface area contributed by atoms with Crippen LogP contribution in [0.5, 0.6) is 0 Å².